The number of carbonyl (C=O) groups excluding carboxylic acids is 1. The molecule has 0 spiro atoms. The lowest BCUT2D eigenvalue weighted by molar-refractivity contribution is 0.111. The van der Waals surface area contributed by atoms with Gasteiger partial charge in [0.15, 0.2) is 6.29 Å². The lowest BCUT2D eigenvalue weighted by Crippen LogP contribution is -1.87. The van der Waals surface area contributed by atoms with E-state index in [1.807, 2.05) is 0 Å². The van der Waals surface area contributed by atoms with Crippen LogP contribution in [0.25, 0.3) is 0 Å². The third kappa shape index (κ3) is 2.75. The van der Waals surface area contributed by atoms with E-state index in [-0.39, 0.29) is 11.8 Å². The van der Waals surface area contributed by atoms with E-state index in [4.69, 9.17) is 0 Å². The van der Waals surface area contributed by atoms with Crippen LogP contribution in [-0.2, 0) is 0 Å². The van der Waals surface area contributed by atoms with Crippen molar-refractivity contribution in [2.45, 2.75) is 0 Å². The molecule has 4 heteroatoms. The maximum atomic E-state index is 12.4. The van der Waals surface area contributed by atoms with Gasteiger partial charge in [0.1, 0.15) is 11.6 Å². The topological polar surface area (TPSA) is 43.1 Å². The Kier molecular flexibility index (Phi) is 4.79. The smallest absolute Gasteiger partial charge is 0.153 e. The number of hydrogen-bond donors (Lipinski definition) is 1. The van der Waals surface area contributed by atoms with E-state index in [1.165, 1.54) is 7.05 Å². The molecule has 0 amide bonds. The molecular formula is C8H9F2NO. The lowest BCUT2D eigenvalue weighted by atomic mass is 10.2. The van der Waals surface area contributed by atoms with Crippen molar-refractivity contribution in [3.63, 3.8) is 0 Å². The van der Waals surface area contributed by atoms with E-state index in [0.717, 1.165) is 18.2 Å². The quantitative estimate of drug-likeness (QED) is 0.651. The van der Waals surface area contributed by atoms with Crippen molar-refractivity contribution < 1.29 is 13.6 Å². The average Bonchev–Trinajstić information content (AvgIpc) is 2.13. The summed E-state index contributed by atoms with van der Waals surface area (Å²) in [6, 6.07) is 2.73. The van der Waals surface area contributed by atoms with Gasteiger partial charge in [0.25, 0.3) is 0 Å². The second-order valence-electron chi connectivity index (χ2n) is 1.78. The first-order valence-corrected chi connectivity index (χ1v) is 3.22. The number of aldehydes is 1. The summed E-state index contributed by atoms with van der Waals surface area (Å²) in [5.41, 5.74) is 4.25. The average molecular weight is 173 g/mol. The van der Waals surface area contributed by atoms with Gasteiger partial charge < -0.3 is 5.73 Å². The van der Waals surface area contributed by atoms with Crippen molar-refractivity contribution in [1.29, 1.82) is 0 Å². The zero-order valence-electron chi connectivity index (χ0n) is 6.55. The summed E-state index contributed by atoms with van der Waals surface area (Å²) in [6.07, 6.45) is 0.276. The highest BCUT2D eigenvalue weighted by Crippen LogP contribution is 2.06. The summed E-state index contributed by atoms with van der Waals surface area (Å²) in [7, 11) is 1.50. The summed E-state index contributed by atoms with van der Waals surface area (Å²) in [5, 5.41) is 0. The van der Waals surface area contributed by atoms with Crippen molar-refractivity contribution in [2.75, 3.05) is 7.05 Å². The molecule has 1 aromatic rings. The number of carbonyl (C=O) groups is 1. The number of halogens is 2. The molecule has 0 bridgehead atoms. The fraction of sp³-hybridized carbons (Fsp3) is 0.125. The molecular weight excluding hydrogens is 164 g/mol. The monoisotopic (exact) mass is 173 g/mol. The predicted molar refractivity (Wildman–Crippen MR) is 41.9 cm³/mol. The molecule has 0 aliphatic rings. The van der Waals surface area contributed by atoms with Crippen molar-refractivity contribution in [3.8, 4) is 0 Å². The minimum atomic E-state index is -0.698. The first kappa shape index (κ1) is 10.7. The Morgan fingerprint density at radius 2 is 1.92 bits per heavy atom. The van der Waals surface area contributed by atoms with Crippen molar-refractivity contribution in [2.24, 2.45) is 5.73 Å². The Balaban J connectivity index is 0.000000561. The molecule has 2 N–H and O–H groups in total. The van der Waals surface area contributed by atoms with Crippen LogP contribution < -0.4 is 5.73 Å². The van der Waals surface area contributed by atoms with Gasteiger partial charge in [-0.05, 0) is 25.2 Å². The predicted octanol–water partition coefficient (Wildman–Crippen LogP) is 1.35. The molecule has 0 aromatic heterocycles. The standard InChI is InChI=1S/C7H4F2O.CH5N/c8-6-1-2-7(9)5(3-6)4-10;1-2/h1-4H;2H2,1H3. The number of rotatable bonds is 1. The highest BCUT2D eigenvalue weighted by atomic mass is 19.1. The van der Waals surface area contributed by atoms with Gasteiger partial charge in [0.2, 0.25) is 0 Å². The molecule has 0 saturated heterocycles. The SMILES string of the molecule is CN.O=Cc1cc(F)ccc1F. The number of hydrogen-bond acceptors (Lipinski definition) is 2. The van der Waals surface area contributed by atoms with Crippen LogP contribution in [0.2, 0.25) is 0 Å². The zero-order chi connectivity index (χ0) is 9.56. The highest BCUT2D eigenvalue weighted by Gasteiger charge is 2.00. The maximum absolute atomic E-state index is 12.4. The van der Waals surface area contributed by atoms with Crippen LogP contribution in [0.5, 0.6) is 0 Å². The third-order valence-electron chi connectivity index (χ3n) is 1.09. The summed E-state index contributed by atoms with van der Waals surface area (Å²) in [4.78, 5) is 9.97. The maximum Gasteiger partial charge on any atom is 0.153 e. The van der Waals surface area contributed by atoms with E-state index in [2.05, 4.69) is 5.73 Å². The first-order valence-electron chi connectivity index (χ1n) is 3.22. The van der Waals surface area contributed by atoms with Crippen LogP contribution in [0.3, 0.4) is 0 Å². The first-order chi connectivity index (χ1) is 5.74. The molecule has 12 heavy (non-hydrogen) atoms. The second-order valence-corrected chi connectivity index (χ2v) is 1.78. The molecule has 0 radical (unpaired) electrons. The Labute approximate surface area is 69.0 Å². The van der Waals surface area contributed by atoms with Crippen molar-refractivity contribution in [1.82, 2.24) is 0 Å². The normalized spacial score (nSPS) is 8.33. The molecule has 0 fully saturated rings. The van der Waals surface area contributed by atoms with E-state index in [1.54, 1.807) is 0 Å². The molecule has 2 nitrogen and oxygen atoms in total. The number of nitrogens with two attached hydrogens (primary N) is 1. The van der Waals surface area contributed by atoms with Gasteiger partial charge in [-0.15, -0.1) is 0 Å². The minimum absolute atomic E-state index is 0.250. The zero-order valence-corrected chi connectivity index (χ0v) is 6.55. The van der Waals surface area contributed by atoms with Crippen molar-refractivity contribution >= 4 is 6.29 Å². The minimum Gasteiger partial charge on any atom is -0.333 e. The largest absolute Gasteiger partial charge is 0.333 e. The third-order valence-corrected chi connectivity index (χ3v) is 1.09. The molecule has 0 atom stereocenters. The van der Waals surface area contributed by atoms with Crippen LogP contribution in [0.15, 0.2) is 18.2 Å². The molecule has 0 unspecified atom stereocenters. The van der Waals surface area contributed by atoms with E-state index in [0.29, 0.717) is 0 Å². The molecule has 0 aliphatic carbocycles. The van der Waals surface area contributed by atoms with E-state index < -0.39 is 11.6 Å². The van der Waals surface area contributed by atoms with E-state index in [9.17, 15) is 13.6 Å². The molecule has 0 saturated carbocycles. The Bertz CT molecular complexity index is 263. The Morgan fingerprint density at radius 3 is 2.33 bits per heavy atom. The van der Waals surface area contributed by atoms with Crippen LogP contribution in [-0.4, -0.2) is 13.3 Å². The van der Waals surface area contributed by atoms with Gasteiger partial charge in [-0.2, -0.15) is 0 Å². The van der Waals surface area contributed by atoms with Crippen LogP contribution in [0.4, 0.5) is 8.78 Å². The lowest BCUT2D eigenvalue weighted by Gasteiger charge is -1.91. The van der Waals surface area contributed by atoms with Crippen LogP contribution in [0, 0.1) is 11.6 Å². The molecule has 1 rings (SSSR count). The van der Waals surface area contributed by atoms with Crippen molar-refractivity contribution in [3.05, 3.63) is 35.4 Å². The van der Waals surface area contributed by atoms with E-state index >= 15 is 0 Å². The van der Waals surface area contributed by atoms with Gasteiger partial charge in [-0.25, -0.2) is 8.78 Å². The van der Waals surface area contributed by atoms with Gasteiger partial charge in [0.05, 0.1) is 5.56 Å². The fourth-order valence-electron chi connectivity index (χ4n) is 0.605. The molecule has 66 valence electrons. The summed E-state index contributed by atoms with van der Waals surface area (Å²) < 4.78 is 24.6. The fourth-order valence-corrected chi connectivity index (χ4v) is 0.605. The van der Waals surface area contributed by atoms with Gasteiger partial charge in [-0.3, -0.25) is 4.79 Å². The highest BCUT2D eigenvalue weighted by molar-refractivity contribution is 5.74. The summed E-state index contributed by atoms with van der Waals surface area (Å²) in [5.74, 6) is -1.31. The molecule has 0 heterocycles. The number of benzene rings is 1. The van der Waals surface area contributed by atoms with Crippen LogP contribution in [0.1, 0.15) is 10.4 Å². The van der Waals surface area contributed by atoms with Gasteiger partial charge in [-0.1, -0.05) is 0 Å². The van der Waals surface area contributed by atoms with Gasteiger partial charge >= 0.3 is 0 Å². The summed E-state index contributed by atoms with van der Waals surface area (Å²) >= 11 is 0. The Hall–Kier alpha value is -1.29. The molecule has 1 aromatic carbocycles. The van der Waals surface area contributed by atoms with Crippen LogP contribution >= 0.6 is 0 Å². The Morgan fingerprint density at radius 1 is 1.33 bits per heavy atom. The second kappa shape index (κ2) is 5.37. The van der Waals surface area contributed by atoms with Gasteiger partial charge in [0, 0.05) is 0 Å². The molecule has 0 aliphatic heterocycles. The summed E-state index contributed by atoms with van der Waals surface area (Å²) in [6.45, 7) is 0.